The van der Waals surface area contributed by atoms with Crippen LogP contribution in [0, 0.1) is 6.92 Å². The molecule has 3 N–H and O–H groups in total. The van der Waals surface area contributed by atoms with Crippen LogP contribution in [0.4, 0.5) is 11.5 Å². The molecule has 3 aromatic rings. The Balaban J connectivity index is 1.45. The molecule has 2 aromatic heterocycles. The van der Waals surface area contributed by atoms with Crippen molar-refractivity contribution in [3.05, 3.63) is 59.6 Å². The average Bonchev–Trinajstić information content (AvgIpc) is 3.15. The molecule has 29 heavy (non-hydrogen) atoms. The first kappa shape index (κ1) is 18.5. The van der Waals surface area contributed by atoms with Crippen molar-refractivity contribution in [2.24, 2.45) is 0 Å². The van der Waals surface area contributed by atoms with Crippen molar-refractivity contribution in [2.75, 3.05) is 23.8 Å². The van der Waals surface area contributed by atoms with E-state index in [0.29, 0.717) is 29.6 Å². The predicted molar refractivity (Wildman–Crippen MR) is 106 cm³/mol. The third-order valence-corrected chi connectivity index (χ3v) is 4.62. The van der Waals surface area contributed by atoms with Gasteiger partial charge in [-0.05, 0) is 12.5 Å². The van der Waals surface area contributed by atoms with Gasteiger partial charge in [0.15, 0.2) is 5.82 Å². The molecule has 0 radical (unpaired) electrons. The van der Waals surface area contributed by atoms with Gasteiger partial charge in [0.2, 0.25) is 5.82 Å². The first-order valence-corrected chi connectivity index (χ1v) is 9.12. The Hall–Kier alpha value is -3.82. The Labute approximate surface area is 166 Å². The van der Waals surface area contributed by atoms with Crippen molar-refractivity contribution >= 4 is 23.3 Å². The summed E-state index contributed by atoms with van der Waals surface area (Å²) in [6.07, 6.45) is 2.11. The van der Waals surface area contributed by atoms with Gasteiger partial charge in [0.25, 0.3) is 11.8 Å². The summed E-state index contributed by atoms with van der Waals surface area (Å²) in [6.45, 7) is 1.97. The molecule has 10 heteroatoms. The zero-order valence-corrected chi connectivity index (χ0v) is 16.0. The summed E-state index contributed by atoms with van der Waals surface area (Å²) in [5.74, 6) is 0.993. The largest absolute Gasteiger partial charge is 0.366 e. The molecule has 2 amide bonds. The van der Waals surface area contributed by atoms with Gasteiger partial charge in [-0.15, -0.1) is 10.2 Å². The van der Waals surface area contributed by atoms with E-state index in [1.54, 1.807) is 20.2 Å². The van der Waals surface area contributed by atoms with E-state index in [4.69, 9.17) is 0 Å². The fraction of sp³-hybridized carbons (Fsp3) is 0.263. The second-order valence-electron chi connectivity index (χ2n) is 6.74. The summed E-state index contributed by atoms with van der Waals surface area (Å²) < 4.78 is 0. The maximum atomic E-state index is 12.8. The molecule has 10 nitrogen and oxygen atoms in total. The zero-order chi connectivity index (χ0) is 20.4. The number of fused-ring (bicyclic) bond motifs is 1. The van der Waals surface area contributed by atoms with Crippen LogP contribution in [0.5, 0.6) is 0 Å². The fourth-order valence-electron chi connectivity index (χ4n) is 3.09. The van der Waals surface area contributed by atoms with Gasteiger partial charge in [0.05, 0.1) is 6.20 Å². The van der Waals surface area contributed by atoms with Crippen LogP contribution in [0.2, 0.25) is 0 Å². The number of carbonyl (C=O) groups excluding carboxylic acids is 2. The Morgan fingerprint density at radius 3 is 2.86 bits per heavy atom. The minimum atomic E-state index is -0.787. The summed E-state index contributed by atoms with van der Waals surface area (Å²) >= 11 is 0. The molecule has 1 atom stereocenters. The molecule has 0 unspecified atom stereocenters. The molecule has 0 spiro atoms. The molecular weight excluding hydrogens is 372 g/mol. The van der Waals surface area contributed by atoms with Crippen molar-refractivity contribution in [3.63, 3.8) is 0 Å². The van der Waals surface area contributed by atoms with Crippen LogP contribution in [0.25, 0.3) is 0 Å². The van der Waals surface area contributed by atoms with Crippen LogP contribution in [-0.4, -0.2) is 56.6 Å². The van der Waals surface area contributed by atoms with E-state index < -0.39 is 11.9 Å². The summed E-state index contributed by atoms with van der Waals surface area (Å²) in [6, 6.07) is 8.95. The molecule has 1 aliphatic heterocycles. The summed E-state index contributed by atoms with van der Waals surface area (Å²) in [5, 5.41) is 13.7. The standard InChI is InChI=1S/C19H20N8O2/c1-11-20-10-14-16(22-11)21-9-13(19(29)27(14)2)23-18(28)17-24-15(25-26-17)8-12-6-4-3-5-7-12/h3-7,10,13H,8-9H2,1-2H3,(H,23,28)(H,20,21,22)(H,24,25,26)/t13-/m0/s1. The van der Waals surface area contributed by atoms with Crippen molar-refractivity contribution in [1.82, 2.24) is 30.5 Å². The molecule has 0 saturated carbocycles. The van der Waals surface area contributed by atoms with E-state index in [2.05, 4.69) is 35.8 Å². The first-order valence-electron chi connectivity index (χ1n) is 9.12. The van der Waals surface area contributed by atoms with Crippen LogP contribution in [-0.2, 0) is 11.2 Å². The van der Waals surface area contributed by atoms with Gasteiger partial charge in [0, 0.05) is 20.0 Å². The number of aromatic nitrogens is 5. The molecule has 0 fully saturated rings. The number of rotatable bonds is 4. The van der Waals surface area contributed by atoms with Crippen molar-refractivity contribution in [2.45, 2.75) is 19.4 Å². The summed E-state index contributed by atoms with van der Waals surface area (Å²) in [5.41, 5.74) is 1.61. The zero-order valence-electron chi connectivity index (χ0n) is 16.0. The number of nitrogens with one attached hydrogen (secondary N) is 3. The van der Waals surface area contributed by atoms with Gasteiger partial charge < -0.3 is 20.5 Å². The number of aromatic amines is 1. The van der Waals surface area contributed by atoms with Crippen molar-refractivity contribution in [1.29, 1.82) is 0 Å². The van der Waals surface area contributed by atoms with Gasteiger partial charge in [-0.25, -0.2) is 9.97 Å². The summed E-state index contributed by atoms with van der Waals surface area (Å²) in [4.78, 5) is 38.2. The topological polar surface area (TPSA) is 129 Å². The Morgan fingerprint density at radius 2 is 2.07 bits per heavy atom. The smallest absolute Gasteiger partial charge is 0.289 e. The van der Waals surface area contributed by atoms with E-state index in [9.17, 15) is 9.59 Å². The predicted octanol–water partition coefficient (Wildman–Crippen LogP) is 0.681. The van der Waals surface area contributed by atoms with Gasteiger partial charge in [-0.2, -0.15) is 0 Å². The molecule has 0 saturated heterocycles. The second kappa shape index (κ2) is 7.66. The molecule has 0 bridgehead atoms. The highest BCUT2D eigenvalue weighted by Crippen LogP contribution is 2.25. The quantitative estimate of drug-likeness (QED) is 0.595. The number of amides is 2. The van der Waals surface area contributed by atoms with Crippen LogP contribution in [0.1, 0.15) is 27.8 Å². The maximum Gasteiger partial charge on any atom is 0.289 e. The number of nitrogens with zero attached hydrogens (tertiary/aromatic N) is 5. The Morgan fingerprint density at radius 1 is 1.28 bits per heavy atom. The van der Waals surface area contributed by atoms with Gasteiger partial charge >= 0.3 is 0 Å². The fourth-order valence-corrected chi connectivity index (χ4v) is 3.09. The number of anilines is 2. The molecule has 4 rings (SSSR count). The molecular formula is C19H20N8O2. The minimum Gasteiger partial charge on any atom is -0.366 e. The first-order chi connectivity index (χ1) is 14.0. The lowest BCUT2D eigenvalue weighted by Gasteiger charge is -2.20. The second-order valence-corrected chi connectivity index (χ2v) is 6.74. The van der Waals surface area contributed by atoms with Gasteiger partial charge in [0.1, 0.15) is 23.4 Å². The SMILES string of the molecule is Cc1ncc2c(n1)NC[C@H](NC(=O)c1nnc(Cc3ccccc3)[nH]1)C(=O)N2C. The van der Waals surface area contributed by atoms with Gasteiger partial charge in [-0.3, -0.25) is 9.59 Å². The number of benzene rings is 1. The molecule has 1 aliphatic rings. The van der Waals surface area contributed by atoms with E-state index in [-0.39, 0.29) is 18.3 Å². The minimum absolute atomic E-state index is 0.0591. The number of hydrogen-bond acceptors (Lipinski definition) is 7. The van der Waals surface area contributed by atoms with E-state index in [1.807, 2.05) is 30.3 Å². The maximum absolute atomic E-state index is 12.8. The van der Waals surface area contributed by atoms with Crippen LogP contribution in [0.3, 0.4) is 0 Å². The Kier molecular flexibility index (Phi) is 4.90. The molecule has 3 heterocycles. The van der Waals surface area contributed by atoms with E-state index in [1.165, 1.54) is 4.90 Å². The number of carbonyl (C=O) groups is 2. The van der Waals surface area contributed by atoms with Gasteiger partial charge in [-0.1, -0.05) is 30.3 Å². The highest BCUT2D eigenvalue weighted by molar-refractivity contribution is 6.03. The lowest BCUT2D eigenvalue weighted by Crippen LogP contribution is -2.49. The molecule has 0 aliphatic carbocycles. The highest BCUT2D eigenvalue weighted by Gasteiger charge is 2.31. The highest BCUT2D eigenvalue weighted by atomic mass is 16.2. The third kappa shape index (κ3) is 3.91. The van der Waals surface area contributed by atoms with Crippen molar-refractivity contribution in [3.8, 4) is 0 Å². The molecule has 1 aromatic carbocycles. The normalized spacial score (nSPS) is 16.0. The van der Waals surface area contributed by atoms with E-state index in [0.717, 1.165) is 5.56 Å². The van der Waals surface area contributed by atoms with Crippen LogP contribution in [0.15, 0.2) is 36.5 Å². The monoisotopic (exact) mass is 392 g/mol. The average molecular weight is 392 g/mol. The number of hydrogen-bond donors (Lipinski definition) is 3. The third-order valence-electron chi connectivity index (χ3n) is 4.62. The summed E-state index contributed by atoms with van der Waals surface area (Å²) in [7, 11) is 1.62. The number of aryl methyl sites for hydroxylation is 1. The number of H-pyrrole nitrogens is 1. The van der Waals surface area contributed by atoms with Crippen LogP contribution < -0.4 is 15.5 Å². The Bertz CT molecular complexity index is 1050. The lowest BCUT2D eigenvalue weighted by molar-refractivity contribution is -0.119. The number of likely N-dealkylation sites (N-methyl/N-ethyl adjacent to an activating group) is 1. The van der Waals surface area contributed by atoms with Crippen LogP contribution >= 0.6 is 0 Å². The van der Waals surface area contributed by atoms with Crippen molar-refractivity contribution < 1.29 is 9.59 Å². The lowest BCUT2D eigenvalue weighted by atomic mass is 10.1. The van der Waals surface area contributed by atoms with E-state index >= 15 is 0 Å². The molecule has 148 valence electrons.